The van der Waals surface area contributed by atoms with Gasteiger partial charge in [0.15, 0.2) is 6.61 Å². The van der Waals surface area contributed by atoms with Gasteiger partial charge in [0.25, 0.3) is 5.91 Å². The van der Waals surface area contributed by atoms with Crippen LogP contribution in [0.2, 0.25) is 0 Å². The first-order valence-corrected chi connectivity index (χ1v) is 9.86. The maximum absolute atomic E-state index is 13.6. The number of nitrogens with one attached hydrogen (secondary N) is 1. The maximum atomic E-state index is 13.6. The molecular formula is C24H23FN2O5. The first-order chi connectivity index (χ1) is 15.3. The second-order valence-corrected chi connectivity index (χ2v) is 7.07. The van der Waals surface area contributed by atoms with Crippen molar-refractivity contribution in [3.8, 4) is 11.4 Å². The summed E-state index contributed by atoms with van der Waals surface area (Å²) in [6.45, 7) is 2.66. The predicted molar refractivity (Wildman–Crippen MR) is 116 cm³/mol. The third-order valence-corrected chi connectivity index (χ3v) is 4.91. The van der Waals surface area contributed by atoms with Gasteiger partial charge in [-0.3, -0.25) is 14.4 Å². The highest BCUT2D eigenvalue weighted by Gasteiger charge is 2.19. The fraction of sp³-hybridized carbons (Fsp3) is 0.208. The molecule has 0 radical (unpaired) electrons. The van der Waals surface area contributed by atoms with Crippen LogP contribution in [0.25, 0.3) is 5.69 Å². The zero-order chi connectivity index (χ0) is 23.3. The van der Waals surface area contributed by atoms with Crippen LogP contribution < -0.4 is 10.1 Å². The number of aryl methyl sites for hydroxylation is 1. The topological polar surface area (TPSA) is 86.6 Å². The van der Waals surface area contributed by atoms with Crippen molar-refractivity contribution in [2.24, 2.45) is 0 Å². The molecule has 1 amide bonds. The van der Waals surface area contributed by atoms with Gasteiger partial charge in [0.05, 0.1) is 12.7 Å². The molecule has 7 nitrogen and oxygen atoms in total. The smallest absolute Gasteiger partial charge is 0.325 e. The summed E-state index contributed by atoms with van der Waals surface area (Å²) < 4.78 is 25.5. The molecule has 32 heavy (non-hydrogen) atoms. The zero-order valence-electron chi connectivity index (χ0n) is 18.0. The highest BCUT2D eigenvalue weighted by molar-refractivity contribution is 6.00. The SMILES string of the molecule is COc1ccccc1C(=O)NCC(=O)OCC(=O)c1cc(C)n(-c2cccc(F)c2)c1C. The molecule has 0 fully saturated rings. The van der Waals surface area contributed by atoms with Crippen LogP contribution in [0.3, 0.4) is 0 Å². The molecular weight excluding hydrogens is 415 g/mol. The van der Waals surface area contributed by atoms with Gasteiger partial charge in [-0.15, -0.1) is 0 Å². The number of nitrogens with zero attached hydrogens (tertiary/aromatic N) is 1. The molecule has 0 aliphatic heterocycles. The van der Waals surface area contributed by atoms with E-state index < -0.39 is 30.8 Å². The normalized spacial score (nSPS) is 10.5. The van der Waals surface area contributed by atoms with E-state index in [4.69, 9.17) is 9.47 Å². The Balaban J connectivity index is 1.59. The van der Waals surface area contributed by atoms with E-state index in [0.29, 0.717) is 22.7 Å². The largest absolute Gasteiger partial charge is 0.496 e. The van der Waals surface area contributed by atoms with Crippen LogP contribution in [0, 0.1) is 19.7 Å². The van der Waals surface area contributed by atoms with E-state index in [1.54, 1.807) is 60.9 Å². The fourth-order valence-corrected chi connectivity index (χ4v) is 3.41. The predicted octanol–water partition coefficient (Wildman–Crippen LogP) is 3.40. The summed E-state index contributed by atoms with van der Waals surface area (Å²) in [7, 11) is 1.44. The Morgan fingerprint density at radius 2 is 1.75 bits per heavy atom. The van der Waals surface area contributed by atoms with Crippen LogP contribution in [-0.2, 0) is 9.53 Å². The van der Waals surface area contributed by atoms with Gasteiger partial charge in [-0.2, -0.15) is 0 Å². The minimum Gasteiger partial charge on any atom is -0.496 e. The lowest BCUT2D eigenvalue weighted by atomic mass is 10.1. The molecule has 8 heteroatoms. The van der Waals surface area contributed by atoms with Crippen LogP contribution in [0.15, 0.2) is 54.6 Å². The maximum Gasteiger partial charge on any atom is 0.325 e. The van der Waals surface area contributed by atoms with Crippen molar-refractivity contribution in [1.82, 2.24) is 9.88 Å². The van der Waals surface area contributed by atoms with Crippen LogP contribution in [-0.4, -0.2) is 42.5 Å². The number of hydrogen-bond acceptors (Lipinski definition) is 5. The Labute approximate surface area is 184 Å². The summed E-state index contributed by atoms with van der Waals surface area (Å²) >= 11 is 0. The molecule has 3 rings (SSSR count). The number of carbonyl (C=O) groups excluding carboxylic acids is 3. The first-order valence-electron chi connectivity index (χ1n) is 9.86. The third-order valence-electron chi connectivity index (χ3n) is 4.91. The van der Waals surface area contributed by atoms with Gasteiger partial charge in [0, 0.05) is 22.6 Å². The number of carbonyl (C=O) groups is 3. The van der Waals surface area contributed by atoms with Gasteiger partial charge < -0.3 is 19.4 Å². The summed E-state index contributed by atoms with van der Waals surface area (Å²) in [6.07, 6.45) is 0. The molecule has 1 heterocycles. The Morgan fingerprint density at radius 3 is 2.47 bits per heavy atom. The van der Waals surface area contributed by atoms with Crippen molar-refractivity contribution in [2.45, 2.75) is 13.8 Å². The van der Waals surface area contributed by atoms with Gasteiger partial charge in [-0.25, -0.2) is 4.39 Å². The molecule has 0 saturated carbocycles. The summed E-state index contributed by atoms with van der Waals surface area (Å²) in [5, 5.41) is 2.44. The summed E-state index contributed by atoms with van der Waals surface area (Å²) in [5.41, 5.74) is 2.60. The second kappa shape index (κ2) is 9.91. The molecule has 0 aliphatic carbocycles. The number of rotatable bonds is 8. The lowest BCUT2D eigenvalue weighted by Crippen LogP contribution is -2.31. The lowest BCUT2D eigenvalue weighted by molar-refractivity contribution is -0.141. The van der Waals surface area contributed by atoms with E-state index in [0.717, 1.165) is 5.69 Å². The number of methoxy groups -OCH3 is 1. The molecule has 166 valence electrons. The van der Waals surface area contributed by atoms with Crippen molar-refractivity contribution >= 4 is 17.7 Å². The molecule has 0 saturated heterocycles. The van der Waals surface area contributed by atoms with Gasteiger partial charge in [0.2, 0.25) is 5.78 Å². The van der Waals surface area contributed by atoms with Gasteiger partial charge in [-0.05, 0) is 50.2 Å². The number of amides is 1. The fourth-order valence-electron chi connectivity index (χ4n) is 3.41. The van der Waals surface area contributed by atoms with Crippen molar-refractivity contribution in [2.75, 3.05) is 20.3 Å². The van der Waals surface area contributed by atoms with Gasteiger partial charge in [-0.1, -0.05) is 18.2 Å². The first kappa shape index (κ1) is 22.7. The molecule has 0 spiro atoms. The number of ketones is 1. The van der Waals surface area contributed by atoms with Crippen molar-refractivity contribution in [3.05, 3.63) is 82.9 Å². The number of Topliss-reactive ketones (excluding diaryl/α,β-unsaturated/α-hetero) is 1. The molecule has 0 aliphatic rings. The minimum atomic E-state index is -0.750. The van der Waals surface area contributed by atoms with Crippen LogP contribution in [0.5, 0.6) is 5.75 Å². The molecule has 2 aromatic carbocycles. The second-order valence-electron chi connectivity index (χ2n) is 7.07. The number of halogens is 1. The Morgan fingerprint density at radius 1 is 1.00 bits per heavy atom. The minimum absolute atomic E-state index is 0.281. The molecule has 0 atom stereocenters. The molecule has 3 aromatic rings. The number of para-hydroxylation sites is 1. The number of ether oxygens (including phenoxy) is 2. The van der Waals surface area contributed by atoms with Gasteiger partial charge in [0.1, 0.15) is 18.1 Å². The third kappa shape index (κ3) is 5.03. The zero-order valence-corrected chi connectivity index (χ0v) is 18.0. The van der Waals surface area contributed by atoms with E-state index in [9.17, 15) is 18.8 Å². The average molecular weight is 438 g/mol. The van der Waals surface area contributed by atoms with Crippen molar-refractivity contribution in [1.29, 1.82) is 0 Å². The Bertz CT molecular complexity index is 1170. The quantitative estimate of drug-likeness (QED) is 0.430. The monoisotopic (exact) mass is 438 g/mol. The van der Waals surface area contributed by atoms with Crippen LogP contribution in [0.4, 0.5) is 4.39 Å². The number of esters is 1. The van der Waals surface area contributed by atoms with Crippen LogP contribution in [0.1, 0.15) is 32.1 Å². The highest BCUT2D eigenvalue weighted by Crippen LogP contribution is 2.22. The van der Waals surface area contributed by atoms with E-state index in [2.05, 4.69) is 5.32 Å². The van der Waals surface area contributed by atoms with E-state index >= 15 is 0 Å². The van der Waals surface area contributed by atoms with Crippen molar-refractivity contribution < 1.29 is 28.2 Å². The highest BCUT2D eigenvalue weighted by atomic mass is 19.1. The van der Waals surface area contributed by atoms with Crippen LogP contribution >= 0.6 is 0 Å². The molecule has 0 unspecified atom stereocenters. The van der Waals surface area contributed by atoms with E-state index in [1.165, 1.54) is 19.2 Å². The van der Waals surface area contributed by atoms with Crippen molar-refractivity contribution in [3.63, 3.8) is 0 Å². The standard InChI is InChI=1S/C24H23FN2O5/c1-15-11-20(16(2)27(15)18-8-6-7-17(25)12-18)21(28)14-32-23(29)13-26-24(30)19-9-4-5-10-22(19)31-3/h4-12H,13-14H2,1-3H3,(H,26,30). The number of aromatic nitrogens is 1. The van der Waals surface area contributed by atoms with Gasteiger partial charge >= 0.3 is 5.97 Å². The Hall–Kier alpha value is -3.94. The summed E-state index contributed by atoms with van der Waals surface area (Å²) in [6, 6.07) is 14.3. The summed E-state index contributed by atoms with van der Waals surface area (Å²) in [4.78, 5) is 36.9. The Kier molecular flexibility index (Phi) is 7.04. The molecule has 1 N–H and O–H groups in total. The summed E-state index contributed by atoms with van der Waals surface area (Å²) in [5.74, 6) is -1.65. The number of benzene rings is 2. The van der Waals surface area contributed by atoms with E-state index in [-0.39, 0.29) is 11.4 Å². The lowest BCUT2D eigenvalue weighted by Gasteiger charge is -2.10. The molecule has 0 bridgehead atoms. The average Bonchev–Trinajstić information content (AvgIpc) is 3.09. The molecule has 1 aromatic heterocycles. The number of hydrogen-bond donors (Lipinski definition) is 1. The van der Waals surface area contributed by atoms with E-state index in [1.807, 2.05) is 0 Å².